The predicted octanol–water partition coefficient (Wildman–Crippen LogP) is 13.7. The van der Waals surface area contributed by atoms with Crippen molar-refractivity contribution in [1.82, 2.24) is 4.90 Å². The molecule has 0 heterocycles. The molecule has 10 aliphatic rings. The van der Waals surface area contributed by atoms with Crippen molar-refractivity contribution in [3.63, 3.8) is 0 Å². The lowest BCUT2D eigenvalue weighted by molar-refractivity contribution is -0.104. The van der Waals surface area contributed by atoms with Crippen molar-refractivity contribution < 1.29 is 0 Å². The fraction of sp³-hybridized carbons (Fsp3) is 1.00. The Hall–Kier alpha value is -0.0400. The Morgan fingerprint density at radius 1 is 0.346 bits per heavy atom. The van der Waals surface area contributed by atoms with E-state index in [0.717, 1.165) is 118 Å². The van der Waals surface area contributed by atoms with Gasteiger partial charge in [0.1, 0.15) is 0 Å². The molecule has 1 nitrogen and oxygen atoms in total. The molecule has 20 atom stereocenters. The van der Waals surface area contributed by atoms with Crippen molar-refractivity contribution in [2.24, 2.45) is 112 Å². The molecule has 18 unspecified atom stereocenters. The number of hydrogen-bond acceptors (Lipinski definition) is 1. The molecule has 0 N–H and O–H groups in total. The highest BCUT2D eigenvalue weighted by Crippen LogP contribution is 2.65. The number of unbranched alkanes of at least 4 members (excludes halogenated alkanes) is 5. The number of fused-ring (bicyclic) bond motifs is 8. The van der Waals surface area contributed by atoms with Crippen LogP contribution in [-0.2, 0) is 0 Å². The first kappa shape index (κ1) is 36.3. The van der Waals surface area contributed by atoms with Gasteiger partial charge in [-0.15, -0.1) is 0 Å². The van der Waals surface area contributed by atoms with Crippen LogP contribution in [0.5, 0.6) is 0 Å². The first-order chi connectivity index (χ1) is 25.5. The Kier molecular flexibility index (Phi) is 10.7. The summed E-state index contributed by atoms with van der Waals surface area (Å²) in [4.78, 5) is 2.79. The SMILES string of the molecule is CCCCCCCC[C@@H]1C[C@@H]1C1CCCC2CC3CC4CC5CC6CC7C(CC6CC5CC4CC3CC21)CC1CC2CCCCC2CC1C7N(C)C. The second kappa shape index (κ2) is 15.4. The summed E-state index contributed by atoms with van der Waals surface area (Å²) in [6.45, 7) is 2.36. The van der Waals surface area contributed by atoms with Crippen LogP contribution in [0.3, 0.4) is 0 Å². The first-order valence-corrected chi connectivity index (χ1v) is 25.2. The van der Waals surface area contributed by atoms with Crippen molar-refractivity contribution in [2.75, 3.05) is 14.1 Å². The van der Waals surface area contributed by atoms with Crippen LogP contribution in [0.4, 0.5) is 0 Å². The van der Waals surface area contributed by atoms with Crippen LogP contribution < -0.4 is 0 Å². The van der Waals surface area contributed by atoms with E-state index >= 15 is 0 Å². The van der Waals surface area contributed by atoms with Gasteiger partial charge in [-0.2, -0.15) is 0 Å². The fourth-order valence-corrected chi connectivity index (χ4v) is 18.8. The molecule has 0 aromatic rings. The van der Waals surface area contributed by atoms with Crippen LogP contribution in [0.2, 0.25) is 0 Å². The van der Waals surface area contributed by atoms with Crippen molar-refractivity contribution in [3.05, 3.63) is 0 Å². The summed E-state index contributed by atoms with van der Waals surface area (Å²) in [7, 11) is 5.00. The van der Waals surface area contributed by atoms with Crippen LogP contribution >= 0.6 is 0 Å². The third-order valence-corrected chi connectivity index (χ3v) is 20.9. The van der Waals surface area contributed by atoms with Gasteiger partial charge >= 0.3 is 0 Å². The number of nitrogens with zero attached hydrogens (tertiary/aromatic N) is 1. The normalized spacial score (nSPS) is 53.5. The van der Waals surface area contributed by atoms with Crippen molar-refractivity contribution >= 4 is 0 Å². The van der Waals surface area contributed by atoms with Gasteiger partial charge < -0.3 is 4.90 Å². The van der Waals surface area contributed by atoms with Crippen molar-refractivity contribution in [2.45, 2.75) is 193 Å². The Balaban J connectivity index is 0.757. The number of rotatable bonds is 9. The summed E-state index contributed by atoms with van der Waals surface area (Å²) >= 11 is 0. The molecule has 0 aromatic heterocycles. The van der Waals surface area contributed by atoms with E-state index in [-0.39, 0.29) is 0 Å². The lowest BCUT2D eigenvalue weighted by atomic mass is 9.46. The molecule has 0 aliphatic heterocycles. The average molecular weight is 712 g/mol. The zero-order valence-corrected chi connectivity index (χ0v) is 34.8. The second-order valence-corrected chi connectivity index (χ2v) is 23.5. The topological polar surface area (TPSA) is 3.24 Å². The molecule has 0 spiro atoms. The van der Waals surface area contributed by atoms with Crippen molar-refractivity contribution in [3.8, 4) is 0 Å². The van der Waals surface area contributed by atoms with E-state index in [4.69, 9.17) is 0 Å². The molecular formula is C51H85N. The largest absolute Gasteiger partial charge is 0.306 e. The second-order valence-electron chi connectivity index (χ2n) is 23.5. The minimum atomic E-state index is 0.900. The molecule has 0 amide bonds. The average Bonchev–Trinajstić information content (AvgIpc) is 3.92. The van der Waals surface area contributed by atoms with Gasteiger partial charge in [0.15, 0.2) is 0 Å². The molecule has 10 saturated carbocycles. The summed E-state index contributed by atoms with van der Waals surface area (Å²) in [5, 5.41) is 0. The minimum absolute atomic E-state index is 0.900. The predicted molar refractivity (Wildman–Crippen MR) is 219 cm³/mol. The van der Waals surface area contributed by atoms with Gasteiger partial charge in [-0.25, -0.2) is 0 Å². The van der Waals surface area contributed by atoms with Gasteiger partial charge in [0.25, 0.3) is 0 Å². The lowest BCUT2D eigenvalue weighted by Crippen LogP contribution is -2.57. The molecule has 1 heteroatoms. The fourth-order valence-electron chi connectivity index (χ4n) is 18.8. The Morgan fingerprint density at radius 2 is 0.788 bits per heavy atom. The van der Waals surface area contributed by atoms with Crippen LogP contribution in [0, 0.1) is 112 Å². The zero-order chi connectivity index (χ0) is 34.9. The third-order valence-electron chi connectivity index (χ3n) is 20.9. The summed E-state index contributed by atoms with van der Waals surface area (Å²) in [5.74, 6) is 21.0. The van der Waals surface area contributed by atoms with Crippen molar-refractivity contribution in [1.29, 1.82) is 0 Å². The highest BCUT2D eigenvalue weighted by molar-refractivity contribution is 5.07. The molecule has 0 aromatic carbocycles. The standard InChI is InChI=1S/C51H85N/c1-4-5-6-7-8-9-15-35-29-47(35)46-17-12-16-34-19-36-20-37-21-40-25-43-31-50-45(26-41(43)23-38(40)22-39(37)24-42(36)30-48(34)46)27-44-18-32-13-10-11-14-33(32)28-49(44)51(50)52(2)3/h32-51H,4-31H2,1-3H3/t32?,33?,34?,35-,36?,37?,38?,39?,40?,41?,42?,43?,44?,45?,46?,47+,48?,49?,50?,51?/m1/s1. The zero-order valence-electron chi connectivity index (χ0n) is 34.8. The molecular weight excluding hydrogens is 627 g/mol. The summed E-state index contributed by atoms with van der Waals surface area (Å²) in [6, 6.07) is 0.900. The Bertz CT molecular complexity index is 1190. The molecule has 52 heavy (non-hydrogen) atoms. The molecule has 0 saturated heterocycles. The van der Waals surface area contributed by atoms with Crippen LogP contribution in [0.15, 0.2) is 0 Å². The summed E-state index contributed by atoms with van der Waals surface area (Å²) < 4.78 is 0. The Labute approximate surface area is 323 Å². The van der Waals surface area contributed by atoms with Gasteiger partial charge in [-0.3, -0.25) is 0 Å². The van der Waals surface area contributed by atoms with E-state index in [1.807, 2.05) is 0 Å². The quantitative estimate of drug-likeness (QED) is 0.215. The maximum absolute atomic E-state index is 2.79. The van der Waals surface area contributed by atoms with E-state index in [9.17, 15) is 0 Å². The first-order valence-electron chi connectivity index (χ1n) is 25.2. The van der Waals surface area contributed by atoms with Crippen LogP contribution in [-0.4, -0.2) is 25.0 Å². The summed E-state index contributed by atoms with van der Waals surface area (Å²) in [6.07, 6.45) is 44.7. The maximum Gasteiger partial charge on any atom is 0.0151 e. The van der Waals surface area contributed by atoms with E-state index in [1.54, 1.807) is 141 Å². The molecule has 0 radical (unpaired) electrons. The van der Waals surface area contributed by atoms with E-state index in [2.05, 4.69) is 25.9 Å². The van der Waals surface area contributed by atoms with Crippen LogP contribution in [0.25, 0.3) is 0 Å². The molecule has 0 bridgehead atoms. The lowest BCUT2D eigenvalue weighted by Gasteiger charge is -2.60. The smallest absolute Gasteiger partial charge is 0.0151 e. The van der Waals surface area contributed by atoms with Gasteiger partial charge in [-0.05, 0) is 223 Å². The number of hydrogen-bond donors (Lipinski definition) is 0. The molecule has 294 valence electrons. The monoisotopic (exact) mass is 712 g/mol. The molecule has 10 aliphatic carbocycles. The molecule has 10 rings (SSSR count). The minimum Gasteiger partial charge on any atom is -0.306 e. The van der Waals surface area contributed by atoms with Crippen LogP contribution in [0.1, 0.15) is 187 Å². The van der Waals surface area contributed by atoms with E-state index in [1.165, 1.54) is 38.5 Å². The van der Waals surface area contributed by atoms with Gasteiger partial charge in [-0.1, -0.05) is 90.4 Å². The van der Waals surface area contributed by atoms with Gasteiger partial charge in [0, 0.05) is 6.04 Å². The highest BCUT2D eigenvalue weighted by Gasteiger charge is 2.57. The summed E-state index contributed by atoms with van der Waals surface area (Å²) in [5.41, 5.74) is 0. The van der Waals surface area contributed by atoms with E-state index < -0.39 is 0 Å². The maximum atomic E-state index is 2.79. The van der Waals surface area contributed by atoms with E-state index in [0.29, 0.717) is 0 Å². The van der Waals surface area contributed by atoms with Gasteiger partial charge in [0.05, 0.1) is 0 Å². The molecule has 10 fully saturated rings. The third kappa shape index (κ3) is 6.98. The van der Waals surface area contributed by atoms with Gasteiger partial charge in [0.2, 0.25) is 0 Å². The highest BCUT2D eigenvalue weighted by atomic mass is 15.1. The Morgan fingerprint density at radius 3 is 1.40 bits per heavy atom.